The van der Waals surface area contributed by atoms with Crippen LogP contribution in [0.1, 0.15) is 16.7 Å². The maximum Gasteiger partial charge on any atom is 0.227 e. The molecule has 20 heavy (non-hydrogen) atoms. The fraction of sp³-hybridized carbons (Fsp3) is 0.176. The van der Waals surface area contributed by atoms with Gasteiger partial charge in [-0.2, -0.15) is 5.26 Å². The molecule has 0 aliphatic rings. The van der Waals surface area contributed by atoms with E-state index in [4.69, 9.17) is 5.26 Å². The van der Waals surface area contributed by atoms with Crippen molar-refractivity contribution in [2.45, 2.75) is 13.0 Å². The zero-order valence-corrected chi connectivity index (χ0v) is 11.4. The highest BCUT2D eigenvalue weighted by atomic mass is 16.2. The van der Waals surface area contributed by atoms with Crippen LogP contribution in [0.25, 0.3) is 0 Å². The second kappa shape index (κ2) is 6.53. The fourth-order valence-electron chi connectivity index (χ4n) is 1.95. The number of hydrogen-bond donors (Lipinski definition) is 0. The average Bonchev–Trinajstić information content (AvgIpc) is 2.49. The van der Waals surface area contributed by atoms with Gasteiger partial charge in [-0.05, 0) is 23.3 Å². The molecule has 0 aliphatic heterocycles. The van der Waals surface area contributed by atoms with Crippen LogP contribution in [0.4, 0.5) is 0 Å². The molecule has 2 aromatic carbocycles. The molecular weight excluding hydrogens is 248 g/mol. The SMILES string of the molecule is CN(Cc1ccccc1)C(=O)Cc1ccc(C#N)cc1. The first-order valence-electron chi connectivity index (χ1n) is 6.46. The quantitative estimate of drug-likeness (QED) is 0.852. The largest absolute Gasteiger partial charge is 0.341 e. The minimum Gasteiger partial charge on any atom is -0.341 e. The number of nitrogens with zero attached hydrogens (tertiary/aromatic N) is 2. The van der Waals surface area contributed by atoms with Gasteiger partial charge in [-0.1, -0.05) is 42.5 Å². The molecule has 1 amide bonds. The summed E-state index contributed by atoms with van der Waals surface area (Å²) in [6.45, 7) is 0.607. The van der Waals surface area contributed by atoms with E-state index >= 15 is 0 Å². The summed E-state index contributed by atoms with van der Waals surface area (Å²) in [6, 6.07) is 19.1. The Morgan fingerprint density at radius 3 is 2.30 bits per heavy atom. The summed E-state index contributed by atoms with van der Waals surface area (Å²) in [4.78, 5) is 13.8. The van der Waals surface area contributed by atoms with Gasteiger partial charge in [0.2, 0.25) is 5.91 Å². The van der Waals surface area contributed by atoms with E-state index in [-0.39, 0.29) is 5.91 Å². The van der Waals surface area contributed by atoms with Gasteiger partial charge in [0.05, 0.1) is 18.1 Å². The molecule has 2 rings (SSSR count). The molecule has 0 aliphatic carbocycles. The molecule has 0 saturated carbocycles. The second-order valence-electron chi connectivity index (χ2n) is 4.72. The Bertz CT molecular complexity index is 612. The van der Waals surface area contributed by atoms with Crippen molar-refractivity contribution in [3.63, 3.8) is 0 Å². The molecule has 0 bridgehead atoms. The van der Waals surface area contributed by atoms with E-state index in [0.717, 1.165) is 11.1 Å². The van der Waals surface area contributed by atoms with Crippen molar-refractivity contribution in [3.05, 3.63) is 71.3 Å². The van der Waals surface area contributed by atoms with Crippen LogP contribution >= 0.6 is 0 Å². The molecule has 0 unspecified atom stereocenters. The Kier molecular flexibility index (Phi) is 4.52. The van der Waals surface area contributed by atoms with E-state index in [1.165, 1.54) is 0 Å². The maximum absolute atomic E-state index is 12.1. The first-order chi connectivity index (χ1) is 9.69. The lowest BCUT2D eigenvalue weighted by Crippen LogP contribution is -2.27. The van der Waals surface area contributed by atoms with Crippen molar-refractivity contribution in [1.29, 1.82) is 5.26 Å². The predicted molar refractivity (Wildman–Crippen MR) is 77.8 cm³/mol. The first kappa shape index (κ1) is 13.8. The number of likely N-dealkylation sites (N-methyl/N-ethyl adjacent to an activating group) is 1. The lowest BCUT2D eigenvalue weighted by molar-refractivity contribution is -0.129. The van der Waals surface area contributed by atoms with Gasteiger partial charge in [-0.25, -0.2) is 0 Å². The Morgan fingerprint density at radius 2 is 1.70 bits per heavy atom. The molecule has 0 aromatic heterocycles. The van der Waals surface area contributed by atoms with Crippen LogP contribution < -0.4 is 0 Å². The van der Waals surface area contributed by atoms with E-state index in [0.29, 0.717) is 18.5 Å². The Morgan fingerprint density at radius 1 is 1.05 bits per heavy atom. The lowest BCUT2D eigenvalue weighted by atomic mass is 10.1. The van der Waals surface area contributed by atoms with Crippen LogP contribution in [-0.4, -0.2) is 17.9 Å². The van der Waals surface area contributed by atoms with E-state index in [9.17, 15) is 4.79 Å². The number of amides is 1. The van der Waals surface area contributed by atoms with Gasteiger partial charge in [0.1, 0.15) is 0 Å². The second-order valence-corrected chi connectivity index (χ2v) is 4.72. The third-order valence-electron chi connectivity index (χ3n) is 3.13. The summed E-state index contributed by atoms with van der Waals surface area (Å²) in [6.07, 6.45) is 0.356. The van der Waals surface area contributed by atoms with Crippen LogP contribution in [0.5, 0.6) is 0 Å². The normalized spacial score (nSPS) is 9.80. The van der Waals surface area contributed by atoms with Gasteiger partial charge in [0.25, 0.3) is 0 Å². The molecule has 0 fully saturated rings. The highest BCUT2D eigenvalue weighted by Crippen LogP contribution is 2.08. The topological polar surface area (TPSA) is 44.1 Å². The third kappa shape index (κ3) is 3.69. The third-order valence-corrected chi connectivity index (χ3v) is 3.13. The van der Waals surface area contributed by atoms with E-state index in [1.54, 1.807) is 24.1 Å². The molecule has 3 heteroatoms. The van der Waals surface area contributed by atoms with Crippen molar-refractivity contribution in [2.75, 3.05) is 7.05 Å². The zero-order valence-electron chi connectivity index (χ0n) is 11.4. The molecule has 0 heterocycles. The highest BCUT2D eigenvalue weighted by molar-refractivity contribution is 5.78. The van der Waals surface area contributed by atoms with E-state index < -0.39 is 0 Å². The minimum atomic E-state index is 0.0681. The smallest absolute Gasteiger partial charge is 0.227 e. The monoisotopic (exact) mass is 264 g/mol. The number of rotatable bonds is 4. The molecule has 0 spiro atoms. The molecule has 2 aromatic rings. The summed E-state index contributed by atoms with van der Waals surface area (Å²) >= 11 is 0. The zero-order chi connectivity index (χ0) is 14.4. The predicted octanol–water partition coefficient (Wildman–Crippen LogP) is 2.76. The highest BCUT2D eigenvalue weighted by Gasteiger charge is 2.10. The summed E-state index contributed by atoms with van der Waals surface area (Å²) in [5.41, 5.74) is 2.65. The van der Waals surface area contributed by atoms with E-state index in [2.05, 4.69) is 6.07 Å². The molecule has 100 valence electrons. The van der Waals surface area contributed by atoms with Crippen LogP contribution in [0.3, 0.4) is 0 Å². The average molecular weight is 264 g/mol. The summed E-state index contributed by atoms with van der Waals surface area (Å²) in [5, 5.41) is 8.74. The number of nitriles is 1. The van der Waals surface area contributed by atoms with Crippen molar-refractivity contribution >= 4 is 5.91 Å². The van der Waals surface area contributed by atoms with Crippen molar-refractivity contribution in [3.8, 4) is 6.07 Å². The fourth-order valence-corrected chi connectivity index (χ4v) is 1.95. The lowest BCUT2D eigenvalue weighted by Gasteiger charge is -2.17. The van der Waals surface area contributed by atoms with Gasteiger partial charge >= 0.3 is 0 Å². The maximum atomic E-state index is 12.1. The van der Waals surface area contributed by atoms with Crippen molar-refractivity contribution in [2.24, 2.45) is 0 Å². The van der Waals surface area contributed by atoms with E-state index in [1.807, 2.05) is 42.5 Å². The standard InChI is InChI=1S/C17H16N2O/c1-19(13-16-5-3-2-4-6-16)17(20)11-14-7-9-15(12-18)10-8-14/h2-10H,11,13H2,1H3. The molecule has 0 atom stereocenters. The number of hydrogen-bond acceptors (Lipinski definition) is 2. The summed E-state index contributed by atoms with van der Waals surface area (Å²) in [7, 11) is 1.80. The van der Waals surface area contributed by atoms with Gasteiger partial charge in [-0.15, -0.1) is 0 Å². The Hall–Kier alpha value is -2.60. The summed E-state index contributed by atoms with van der Waals surface area (Å²) < 4.78 is 0. The molecular formula is C17H16N2O. The minimum absolute atomic E-state index is 0.0681. The molecule has 0 saturated heterocycles. The van der Waals surface area contributed by atoms with Crippen molar-refractivity contribution < 1.29 is 4.79 Å². The van der Waals surface area contributed by atoms with Crippen LogP contribution in [-0.2, 0) is 17.8 Å². The van der Waals surface area contributed by atoms with Crippen LogP contribution in [0, 0.1) is 11.3 Å². The van der Waals surface area contributed by atoms with Gasteiger partial charge in [-0.3, -0.25) is 4.79 Å². The number of carbonyl (C=O) groups is 1. The van der Waals surface area contributed by atoms with Gasteiger partial charge in [0, 0.05) is 13.6 Å². The molecule has 3 nitrogen and oxygen atoms in total. The number of carbonyl (C=O) groups excluding carboxylic acids is 1. The summed E-state index contributed by atoms with van der Waals surface area (Å²) in [5.74, 6) is 0.0681. The molecule has 0 radical (unpaired) electrons. The van der Waals surface area contributed by atoms with Crippen molar-refractivity contribution in [1.82, 2.24) is 4.90 Å². The van der Waals surface area contributed by atoms with Crippen LogP contribution in [0.2, 0.25) is 0 Å². The molecule has 0 N–H and O–H groups in total. The van der Waals surface area contributed by atoms with Gasteiger partial charge in [0.15, 0.2) is 0 Å². The Balaban J connectivity index is 1.95. The van der Waals surface area contributed by atoms with Gasteiger partial charge < -0.3 is 4.90 Å². The first-order valence-corrected chi connectivity index (χ1v) is 6.46. The van der Waals surface area contributed by atoms with Crippen LogP contribution in [0.15, 0.2) is 54.6 Å². The number of benzene rings is 2. The Labute approximate surface area is 119 Å².